The predicted molar refractivity (Wildman–Crippen MR) is 115 cm³/mol. The average Bonchev–Trinajstić information content (AvgIpc) is 3.28. The van der Waals surface area contributed by atoms with Gasteiger partial charge in [-0.05, 0) is 38.1 Å². The molecule has 3 aromatic rings. The van der Waals surface area contributed by atoms with Crippen molar-refractivity contribution in [1.82, 2.24) is 14.8 Å². The number of hydrogen-bond acceptors (Lipinski definition) is 6. The van der Waals surface area contributed by atoms with Gasteiger partial charge in [-0.1, -0.05) is 6.92 Å². The molecule has 31 heavy (non-hydrogen) atoms. The molecule has 0 saturated heterocycles. The molecule has 0 bridgehead atoms. The van der Waals surface area contributed by atoms with Crippen molar-refractivity contribution in [2.75, 3.05) is 5.32 Å². The minimum Gasteiger partial charge on any atom is -0.487 e. The minimum absolute atomic E-state index is 0.0317. The van der Waals surface area contributed by atoms with Gasteiger partial charge in [0.2, 0.25) is 0 Å². The van der Waals surface area contributed by atoms with Crippen LogP contribution in [0.4, 0.5) is 5.82 Å². The first-order valence-electron chi connectivity index (χ1n) is 10.1. The molecular formula is C23H24N4O4. The monoisotopic (exact) mass is 420 g/mol. The van der Waals surface area contributed by atoms with Gasteiger partial charge in [0, 0.05) is 43.3 Å². The van der Waals surface area contributed by atoms with Gasteiger partial charge in [0.05, 0.1) is 6.20 Å². The van der Waals surface area contributed by atoms with Crippen molar-refractivity contribution < 1.29 is 19.1 Å². The Bertz CT molecular complexity index is 1150. The van der Waals surface area contributed by atoms with Crippen LogP contribution >= 0.6 is 0 Å². The van der Waals surface area contributed by atoms with Gasteiger partial charge in [0.15, 0.2) is 11.6 Å². The molecule has 1 aliphatic heterocycles. The van der Waals surface area contributed by atoms with Gasteiger partial charge in [-0.3, -0.25) is 14.3 Å². The van der Waals surface area contributed by atoms with E-state index in [1.807, 2.05) is 13.8 Å². The Morgan fingerprint density at radius 2 is 2.06 bits per heavy atom. The van der Waals surface area contributed by atoms with Crippen molar-refractivity contribution >= 4 is 17.5 Å². The van der Waals surface area contributed by atoms with Crippen LogP contribution in [0.2, 0.25) is 0 Å². The van der Waals surface area contributed by atoms with E-state index in [1.54, 1.807) is 55.2 Å². The number of carbonyl (C=O) groups excluding carboxylic acids is 2. The molecule has 1 N–H and O–H groups in total. The van der Waals surface area contributed by atoms with E-state index in [1.165, 1.54) is 6.20 Å². The normalized spacial score (nSPS) is 13.9. The maximum Gasteiger partial charge on any atom is 0.257 e. The third-order valence-electron chi connectivity index (χ3n) is 4.95. The minimum atomic E-state index is -0.411. The number of ether oxygens (including phenoxy) is 2. The number of benzene rings is 1. The number of hydrogen-bond donors (Lipinski definition) is 1. The smallest absolute Gasteiger partial charge is 0.257 e. The highest BCUT2D eigenvalue weighted by molar-refractivity contribution is 6.04. The number of anilines is 1. The fraction of sp³-hybridized carbons (Fsp3) is 0.304. The second-order valence-electron chi connectivity index (χ2n) is 8.08. The summed E-state index contributed by atoms with van der Waals surface area (Å²) in [5, 5.41) is 6.95. The number of aryl methyl sites for hydroxylation is 1. The van der Waals surface area contributed by atoms with Crippen LogP contribution in [0, 0.1) is 0 Å². The van der Waals surface area contributed by atoms with Crippen LogP contribution in [0.3, 0.4) is 0 Å². The molecule has 3 heterocycles. The highest BCUT2D eigenvalue weighted by Crippen LogP contribution is 2.43. The number of carbonyl (C=O) groups is 2. The van der Waals surface area contributed by atoms with E-state index in [4.69, 9.17) is 9.47 Å². The topological polar surface area (TPSA) is 95.3 Å². The molecule has 0 fully saturated rings. The number of Topliss-reactive ketones (excluding diaryl/α,β-unsaturated/α-hetero) is 1. The van der Waals surface area contributed by atoms with Crippen molar-refractivity contribution in [2.45, 2.75) is 39.2 Å². The van der Waals surface area contributed by atoms with Gasteiger partial charge < -0.3 is 14.8 Å². The van der Waals surface area contributed by atoms with E-state index in [0.29, 0.717) is 47.2 Å². The number of aromatic nitrogens is 3. The Balaban J connectivity index is 1.64. The Kier molecular flexibility index (Phi) is 5.22. The zero-order chi connectivity index (χ0) is 22.2. The van der Waals surface area contributed by atoms with E-state index in [0.717, 1.165) is 5.56 Å². The molecule has 8 nitrogen and oxygen atoms in total. The predicted octanol–water partition coefficient (Wildman–Crippen LogP) is 4.17. The zero-order valence-electron chi connectivity index (χ0n) is 17.9. The summed E-state index contributed by atoms with van der Waals surface area (Å²) in [6.07, 6.45) is 4.29. The number of ketones is 1. The molecule has 0 saturated carbocycles. The van der Waals surface area contributed by atoms with Crippen molar-refractivity contribution in [3.05, 3.63) is 59.5 Å². The lowest BCUT2D eigenvalue weighted by atomic mass is 9.99. The van der Waals surface area contributed by atoms with E-state index in [2.05, 4.69) is 15.4 Å². The summed E-state index contributed by atoms with van der Waals surface area (Å²) in [7, 11) is 1.78. The van der Waals surface area contributed by atoms with Crippen molar-refractivity contribution in [2.24, 2.45) is 7.05 Å². The molecule has 4 rings (SSSR count). The summed E-state index contributed by atoms with van der Waals surface area (Å²) in [5.41, 5.74) is 1.26. The summed E-state index contributed by atoms with van der Waals surface area (Å²) in [6, 6.07) is 8.46. The molecule has 1 aliphatic rings. The van der Waals surface area contributed by atoms with E-state index in [9.17, 15) is 9.59 Å². The Morgan fingerprint density at radius 1 is 1.26 bits per heavy atom. The number of fused-ring (bicyclic) bond motifs is 1. The molecule has 1 aromatic carbocycles. The molecule has 0 radical (unpaired) electrons. The van der Waals surface area contributed by atoms with Gasteiger partial charge >= 0.3 is 0 Å². The summed E-state index contributed by atoms with van der Waals surface area (Å²) >= 11 is 0. The van der Waals surface area contributed by atoms with Crippen LogP contribution in [-0.4, -0.2) is 32.1 Å². The SMILES string of the molecule is CCC(=O)c1ccc(Oc2cc(C(=O)Nc3ccn(C)n3)cc3c2CC(C)(C)O3)cn1. The summed E-state index contributed by atoms with van der Waals surface area (Å²) < 4.78 is 13.7. The van der Waals surface area contributed by atoms with E-state index in [-0.39, 0.29) is 11.7 Å². The molecule has 2 aromatic heterocycles. The lowest BCUT2D eigenvalue weighted by Crippen LogP contribution is -2.24. The summed E-state index contributed by atoms with van der Waals surface area (Å²) in [4.78, 5) is 28.8. The summed E-state index contributed by atoms with van der Waals surface area (Å²) in [6.45, 7) is 5.76. The maximum absolute atomic E-state index is 12.8. The lowest BCUT2D eigenvalue weighted by Gasteiger charge is -2.16. The van der Waals surface area contributed by atoms with Gasteiger partial charge in [0.25, 0.3) is 5.91 Å². The second kappa shape index (κ2) is 7.86. The average molecular weight is 420 g/mol. The van der Waals surface area contributed by atoms with Crippen LogP contribution in [0.15, 0.2) is 42.7 Å². The van der Waals surface area contributed by atoms with Gasteiger partial charge in [-0.15, -0.1) is 0 Å². The number of pyridine rings is 1. The van der Waals surface area contributed by atoms with Gasteiger partial charge in [-0.2, -0.15) is 5.10 Å². The third kappa shape index (κ3) is 4.42. The van der Waals surface area contributed by atoms with E-state index < -0.39 is 5.60 Å². The largest absolute Gasteiger partial charge is 0.487 e. The van der Waals surface area contributed by atoms with Crippen LogP contribution in [0.25, 0.3) is 0 Å². The molecule has 0 atom stereocenters. The first-order valence-corrected chi connectivity index (χ1v) is 10.1. The molecule has 0 spiro atoms. The highest BCUT2D eigenvalue weighted by atomic mass is 16.5. The Morgan fingerprint density at radius 3 is 2.71 bits per heavy atom. The quantitative estimate of drug-likeness (QED) is 0.602. The molecule has 1 amide bonds. The molecule has 0 aliphatic carbocycles. The highest BCUT2D eigenvalue weighted by Gasteiger charge is 2.34. The number of amides is 1. The number of rotatable bonds is 6. The third-order valence-corrected chi connectivity index (χ3v) is 4.95. The molecule has 0 unspecified atom stereocenters. The molecular weight excluding hydrogens is 396 g/mol. The van der Waals surface area contributed by atoms with Crippen LogP contribution in [0.5, 0.6) is 17.2 Å². The zero-order valence-corrected chi connectivity index (χ0v) is 17.9. The number of nitrogens with zero attached hydrogens (tertiary/aromatic N) is 3. The second-order valence-corrected chi connectivity index (χ2v) is 8.08. The standard InChI is InChI=1S/C23H24N4O4/c1-5-18(28)17-7-6-15(13-24-17)30-19-10-14(11-20-16(19)12-23(2,3)31-20)22(29)25-21-8-9-27(4)26-21/h6-11,13H,5,12H2,1-4H3,(H,25,26,29). The Hall–Kier alpha value is -3.68. The number of nitrogens with one attached hydrogen (secondary N) is 1. The van der Waals surface area contributed by atoms with Crippen molar-refractivity contribution in [1.29, 1.82) is 0 Å². The fourth-order valence-electron chi connectivity index (χ4n) is 3.45. The maximum atomic E-state index is 12.8. The van der Waals surface area contributed by atoms with Crippen LogP contribution < -0.4 is 14.8 Å². The molecule has 8 heteroatoms. The first-order chi connectivity index (χ1) is 14.7. The van der Waals surface area contributed by atoms with Crippen LogP contribution in [-0.2, 0) is 13.5 Å². The molecule has 160 valence electrons. The Labute approximate surface area is 180 Å². The summed E-state index contributed by atoms with van der Waals surface area (Å²) in [5.74, 6) is 1.71. The first kappa shape index (κ1) is 20.6. The van der Waals surface area contributed by atoms with Gasteiger partial charge in [0.1, 0.15) is 28.5 Å². The van der Waals surface area contributed by atoms with Gasteiger partial charge in [-0.25, -0.2) is 4.98 Å². The fourth-order valence-corrected chi connectivity index (χ4v) is 3.45. The van der Waals surface area contributed by atoms with Crippen molar-refractivity contribution in [3.8, 4) is 17.2 Å². The van der Waals surface area contributed by atoms with Crippen molar-refractivity contribution in [3.63, 3.8) is 0 Å². The van der Waals surface area contributed by atoms with E-state index >= 15 is 0 Å². The van der Waals surface area contributed by atoms with Crippen LogP contribution in [0.1, 0.15) is 53.6 Å². The lowest BCUT2D eigenvalue weighted by molar-refractivity contribution is 0.0981.